The summed E-state index contributed by atoms with van der Waals surface area (Å²) in [6.45, 7) is 3.58. The first-order chi connectivity index (χ1) is 11.5. The number of amides is 3. The number of carbonyl (C=O) groups is 3. The zero-order valence-corrected chi connectivity index (χ0v) is 14.9. The number of ketones is 1. The van der Waals surface area contributed by atoms with Gasteiger partial charge in [-0.15, -0.1) is 0 Å². The third-order valence-electron chi connectivity index (χ3n) is 5.17. The van der Waals surface area contributed by atoms with E-state index in [1.54, 1.807) is 14.0 Å². The monoisotopic (exact) mass is 339 g/mol. The van der Waals surface area contributed by atoms with Crippen LogP contribution in [0.3, 0.4) is 0 Å². The number of likely N-dealkylation sites (tertiary alicyclic amines) is 1. The molecule has 7 heteroatoms. The van der Waals surface area contributed by atoms with Crippen LogP contribution >= 0.6 is 0 Å². The molecule has 7 nitrogen and oxygen atoms in total. The smallest absolute Gasteiger partial charge is 0.324 e. The number of carbonyl (C=O) groups excluding carboxylic acids is 3. The van der Waals surface area contributed by atoms with Crippen molar-refractivity contribution in [1.29, 1.82) is 0 Å². The molecule has 0 aromatic rings. The van der Waals surface area contributed by atoms with Crippen LogP contribution in [0, 0.1) is 11.8 Å². The largest absolute Gasteiger partial charge is 0.383 e. The molecule has 24 heavy (non-hydrogen) atoms. The summed E-state index contributed by atoms with van der Waals surface area (Å²) in [5, 5.41) is 2.70. The number of nitrogens with zero attached hydrogens (tertiary/aromatic N) is 2. The van der Waals surface area contributed by atoms with E-state index >= 15 is 0 Å². The average Bonchev–Trinajstić information content (AvgIpc) is 2.55. The van der Waals surface area contributed by atoms with E-state index in [4.69, 9.17) is 4.74 Å². The van der Waals surface area contributed by atoms with Gasteiger partial charge < -0.3 is 15.0 Å². The van der Waals surface area contributed by atoms with Gasteiger partial charge in [0.1, 0.15) is 5.78 Å². The molecule has 0 aromatic heterocycles. The predicted molar refractivity (Wildman–Crippen MR) is 89.5 cm³/mol. The van der Waals surface area contributed by atoms with Crippen LogP contribution in [0.4, 0.5) is 4.79 Å². The molecule has 0 aromatic carbocycles. The van der Waals surface area contributed by atoms with Crippen molar-refractivity contribution >= 4 is 17.7 Å². The number of ether oxygens (including phenoxy) is 1. The Morgan fingerprint density at radius 1 is 1.42 bits per heavy atom. The molecule has 1 aliphatic carbocycles. The molecule has 0 unspecified atom stereocenters. The van der Waals surface area contributed by atoms with E-state index in [-0.39, 0.29) is 23.8 Å². The number of nitrogens with one attached hydrogen (secondary N) is 1. The fourth-order valence-corrected chi connectivity index (χ4v) is 3.97. The number of urea groups is 1. The van der Waals surface area contributed by atoms with E-state index in [1.165, 1.54) is 4.90 Å². The number of rotatable bonds is 5. The lowest BCUT2D eigenvalue weighted by atomic mass is 9.74. The van der Waals surface area contributed by atoms with Gasteiger partial charge in [0.25, 0.3) is 0 Å². The molecular weight excluding hydrogens is 310 g/mol. The lowest BCUT2D eigenvalue weighted by Gasteiger charge is -2.45. The first-order valence-corrected chi connectivity index (χ1v) is 8.78. The molecule has 136 valence electrons. The summed E-state index contributed by atoms with van der Waals surface area (Å²) in [5.41, 5.74) is 0. The number of imide groups is 1. The maximum atomic E-state index is 12.8. The zero-order chi connectivity index (χ0) is 17.7. The van der Waals surface area contributed by atoms with Crippen molar-refractivity contribution in [3.63, 3.8) is 0 Å². The van der Waals surface area contributed by atoms with Gasteiger partial charge in [-0.25, -0.2) is 4.79 Å². The lowest BCUT2D eigenvalue weighted by Crippen LogP contribution is -2.55. The Labute approximate surface area is 143 Å². The van der Waals surface area contributed by atoms with Crippen LogP contribution in [0.15, 0.2) is 0 Å². The van der Waals surface area contributed by atoms with Crippen LogP contribution in [0.2, 0.25) is 0 Å². The lowest BCUT2D eigenvalue weighted by molar-refractivity contribution is -0.138. The summed E-state index contributed by atoms with van der Waals surface area (Å²) < 4.78 is 4.91. The number of piperidine rings is 1. The molecule has 1 saturated carbocycles. The first-order valence-electron chi connectivity index (χ1n) is 8.78. The number of hydrogen-bond acceptors (Lipinski definition) is 5. The highest BCUT2D eigenvalue weighted by Gasteiger charge is 2.41. The van der Waals surface area contributed by atoms with E-state index in [9.17, 15) is 14.4 Å². The minimum atomic E-state index is -0.371. The highest BCUT2D eigenvalue weighted by atomic mass is 16.5. The Morgan fingerprint density at radius 2 is 2.17 bits per heavy atom. The van der Waals surface area contributed by atoms with Crippen molar-refractivity contribution < 1.29 is 19.1 Å². The van der Waals surface area contributed by atoms with Crippen molar-refractivity contribution in [2.75, 3.05) is 40.4 Å². The molecule has 1 N–H and O–H groups in total. The Balaban J connectivity index is 1.99. The summed E-state index contributed by atoms with van der Waals surface area (Å²) in [6.07, 6.45) is 2.79. The summed E-state index contributed by atoms with van der Waals surface area (Å²) >= 11 is 0. The van der Waals surface area contributed by atoms with Gasteiger partial charge in [-0.05, 0) is 32.7 Å². The normalized spacial score (nSPS) is 27.5. The number of hydrogen-bond donors (Lipinski definition) is 1. The molecule has 1 aliphatic heterocycles. The van der Waals surface area contributed by atoms with Gasteiger partial charge in [0, 0.05) is 45.6 Å². The standard InChI is InChI=1S/C17H29N3O4/c1-4-20(17(23)18-7-8-24-3)16(22)13-9-12-10-14(21)5-6-15(12)19(2)11-13/h12-13,15H,4-11H2,1-3H3,(H,18,23)/t12-,13-,15-/m1/s1. The maximum Gasteiger partial charge on any atom is 0.324 e. The molecule has 2 aliphatic rings. The van der Waals surface area contributed by atoms with E-state index in [0.29, 0.717) is 57.3 Å². The fourth-order valence-electron chi connectivity index (χ4n) is 3.97. The van der Waals surface area contributed by atoms with Gasteiger partial charge >= 0.3 is 6.03 Å². The Bertz CT molecular complexity index is 482. The van der Waals surface area contributed by atoms with E-state index in [0.717, 1.165) is 6.42 Å². The highest BCUT2D eigenvalue weighted by Crippen LogP contribution is 2.36. The molecule has 0 radical (unpaired) electrons. The Hall–Kier alpha value is -1.47. The molecular formula is C17H29N3O4. The van der Waals surface area contributed by atoms with Gasteiger partial charge in [0.05, 0.1) is 12.5 Å². The Morgan fingerprint density at radius 3 is 2.83 bits per heavy atom. The maximum absolute atomic E-state index is 12.8. The third-order valence-corrected chi connectivity index (χ3v) is 5.17. The average molecular weight is 339 g/mol. The summed E-state index contributed by atoms with van der Waals surface area (Å²) in [5.74, 6) is 0.155. The minimum Gasteiger partial charge on any atom is -0.383 e. The van der Waals surface area contributed by atoms with E-state index in [2.05, 4.69) is 10.2 Å². The molecule has 2 rings (SSSR count). The van der Waals surface area contributed by atoms with Crippen LogP contribution in [0.25, 0.3) is 0 Å². The molecule has 0 bridgehead atoms. The summed E-state index contributed by atoms with van der Waals surface area (Å²) in [4.78, 5) is 40.3. The van der Waals surface area contributed by atoms with Gasteiger partial charge in [-0.2, -0.15) is 0 Å². The predicted octanol–water partition coefficient (Wildman–Crippen LogP) is 0.880. The van der Waals surface area contributed by atoms with Crippen molar-refractivity contribution in [3.8, 4) is 0 Å². The Kier molecular flexibility index (Phi) is 6.74. The molecule has 3 amide bonds. The van der Waals surface area contributed by atoms with E-state index < -0.39 is 0 Å². The zero-order valence-electron chi connectivity index (χ0n) is 14.9. The summed E-state index contributed by atoms with van der Waals surface area (Å²) in [6, 6.07) is 0.0152. The van der Waals surface area contributed by atoms with Crippen molar-refractivity contribution in [1.82, 2.24) is 15.1 Å². The highest BCUT2D eigenvalue weighted by molar-refractivity contribution is 5.95. The second-order valence-corrected chi connectivity index (χ2v) is 6.79. The first kappa shape index (κ1) is 18.9. The second-order valence-electron chi connectivity index (χ2n) is 6.79. The van der Waals surface area contributed by atoms with Crippen LogP contribution in [-0.4, -0.2) is 74.0 Å². The number of Topliss-reactive ketones (excluding diaryl/α,β-unsaturated/α-hetero) is 1. The minimum absolute atomic E-state index is 0.143. The molecule has 2 fully saturated rings. The quantitative estimate of drug-likeness (QED) is 0.752. The molecule has 3 atom stereocenters. The second kappa shape index (κ2) is 8.58. The fraction of sp³-hybridized carbons (Fsp3) is 0.824. The van der Waals surface area contributed by atoms with Crippen molar-refractivity contribution in [3.05, 3.63) is 0 Å². The van der Waals surface area contributed by atoms with Gasteiger partial charge in [0.2, 0.25) is 5.91 Å². The van der Waals surface area contributed by atoms with Gasteiger partial charge in [0.15, 0.2) is 0 Å². The van der Waals surface area contributed by atoms with Crippen molar-refractivity contribution in [2.45, 2.75) is 38.6 Å². The third kappa shape index (κ3) is 4.33. The van der Waals surface area contributed by atoms with E-state index in [1.807, 2.05) is 7.05 Å². The summed E-state index contributed by atoms with van der Waals surface area (Å²) in [7, 11) is 3.58. The number of methoxy groups -OCH3 is 1. The number of fused-ring (bicyclic) bond motifs is 1. The molecule has 1 saturated heterocycles. The van der Waals surface area contributed by atoms with Gasteiger partial charge in [-0.3, -0.25) is 14.5 Å². The van der Waals surface area contributed by atoms with Gasteiger partial charge in [-0.1, -0.05) is 0 Å². The molecule has 0 spiro atoms. The molecule has 1 heterocycles. The van der Waals surface area contributed by atoms with Crippen LogP contribution in [0.1, 0.15) is 32.6 Å². The topological polar surface area (TPSA) is 79.0 Å². The van der Waals surface area contributed by atoms with Crippen LogP contribution in [0.5, 0.6) is 0 Å². The van der Waals surface area contributed by atoms with Crippen LogP contribution < -0.4 is 5.32 Å². The van der Waals surface area contributed by atoms with Crippen LogP contribution in [-0.2, 0) is 14.3 Å². The van der Waals surface area contributed by atoms with Crippen molar-refractivity contribution in [2.24, 2.45) is 11.8 Å². The SMILES string of the molecule is CCN(C(=O)NCCOC)C(=O)[C@@H]1C[C@@H]2CC(=O)CC[C@H]2N(C)C1.